The van der Waals surface area contributed by atoms with Crippen LogP contribution in [0.1, 0.15) is 10.4 Å². The Hall–Kier alpha value is -3.14. The van der Waals surface area contributed by atoms with Crippen molar-refractivity contribution >= 4 is 55.2 Å². The monoisotopic (exact) mass is 498 g/mol. The Bertz CT molecular complexity index is 1410. The molecule has 0 unspecified atom stereocenters. The number of para-hydroxylation sites is 1. The van der Waals surface area contributed by atoms with Crippen molar-refractivity contribution in [2.75, 3.05) is 51.3 Å². The summed E-state index contributed by atoms with van der Waals surface area (Å²) >= 11 is 7.86. The molecular formula is C24H23ClN4O4S. The Labute approximate surface area is 204 Å². The number of nitrogens with zero attached hydrogens (tertiary/aromatic N) is 3. The minimum absolute atomic E-state index is 0.0230. The number of piperazine rings is 1. The van der Waals surface area contributed by atoms with Gasteiger partial charge in [0, 0.05) is 44.7 Å². The Morgan fingerprint density at radius 2 is 2.00 bits per heavy atom. The summed E-state index contributed by atoms with van der Waals surface area (Å²) in [5.41, 5.74) is 0.656. The number of ether oxygens (including phenoxy) is 1. The van der Waals surface area contributed by atoms with Gasteiger partial charge in [-0.2, -0.15) is 0 Å². The summed E-state index contributed by atoms with van der Waals surface area (Å²) in [7, 11) is 1.60. The number of anilines is 1. The van der Waals surface area contributed by atoms with Crippen molar-refractivity contribution in [1.29, 1.82) is 0 Å². The number of fused-ring (bicyclic) bond motifs is 2. The molecule has 1 aliphatic heterocycles. The highest BCUT2D eigenvalue weighted by atomic mass is 35.5. The van der Waals surface area contributed by atoms with Crippen LogP contribution < -0.4 is 20.6 Å². The third-order valence-electron chi connectivity index (χ3n) is 5.90. The van der Waals surface area contributed by atoms with Crippen molar-refractivity contribution in [3.8, 4) is 5.75 Å². The molecule has 2 aromatic carbocycles. The van der Waals surface area contributed by atoms with E-state index in [4.69, 9.17) is 25.7 Å². The average Bonchev–Trinajstić information content (AvgIpc) is 3.28. The minimum Gasteiger partial charge on any atom is -0.493 e. The molecule has 34 heavy (non-hydrogen) atoms. The highest BCUT2D eigenvalue weighted by Crippen LogP contribution is 2.38. The second kappa shape index (κ2) is 9.61. The fourth-order valence-corrected chi connectivity index (χ4v) is 5.31. The molecule has 1 saturated heterocycles. The lowest BCUT2D eigenvalue weighted by Gasteiger charge is -2.34. The van der Waals surface area contributed by atoms with E-state index < -0.39 is 11.5 Å². The maximum atomic E-state index is 12.5. The first-order valence-electron chi connectivity index (χ1n) is 10.9. The number of aromatic nitrogens is 1. The van der Waals surface area contributed by atoms with Crippen molar-refractivity contribution in [3.63, 3.8) is 0 Å². The second-order valence-corrected chi connectivity index (χ2v) is 9.41. The first kappa shape index (κ1) is 22.6. The van der Waals surface area contributed by atoms with Crippen LogP contribution in [0.4, 0.5) is 5.13 Å². The van der Waals surface area contributed by atoms with E-state index in [0.29, 0.717) is 29.4 Å². The summed E-state index contributed by atoms with van der Waals surface area (Å²) in [6.07, 6.45) is 0. The van der Waals surface area contributed by atoms with Crippen molar-refractivity contribution in [2.24, 2.45) is 0 Å². The lowest BCUT2D eigenvalue weighted by molar-refractivity contribution is 0.0944. The molecule has 0 spiro atoms. The zero-order valence-corrected chi connectivity index (χ0v) is 20.1. The van der Waals surface area contributed by atoms with Gasteiger partial charge < -0.3 is 19.4 Å². The molecule has 2 aromatic heterocycles. The van der Waals surface area contributed by atoms with Crippen LogP contribution in [0.15, 0.2) is 51.7 Å². The topological polar surface area (TPSA) is 87.9 Å². The maximum absolute atomic E-state index is 12.5. The van der Waals surface area contributed by atoms with Gasteiger partial charge in [-0.05, 0) is 24.3 Å². The minimum atomic E-state index is -0.626. The summed E-state index contributed by atoms with van der Waals surface area (Å²) < 4.78 is 11.7. The molecule has 10 heteroatoms. The normalized spacial score (nSPS) is 14.6. The van der Waals surface area contributed by atoms with Gasteiger partial charge in [0.05, 0.1) is 16.8 Å². The van der Waals surface area contributed by atoms with Gasteiger partial charge in [-0.25, -0.2) is 9.78 Å². The summed E-state index contributed by atoms with van der Waals surface area (Å²) in [4.78, 5) is 34.0. The quantitative estimate of drug-likeness (QED) is 0.406. The molecule has 1 fully saturated rings. The molecule has 1 aliphatic rings. The Balaban J connectivity index is 1.15. The number of amides is 1. The molecule has 0 aliphatic carbocycles. The standard InChI is InChI=1S/C24H23ClN4O4S/c1-32-21-17(25)6-7-19-20(21)27-24(34-19)29-12-10-28(11-13-29)9-8-26-22(30)16-14-15-4-2-3-5-18(15)33-23(16)31/h2-7,14H,8-13H2,1H3,(H,26,30). The van der Waals surface area contributed by atoms with E-state index >= 15 is 0 Å². The third-order valence-corrected chi connectivity index (χ3v) is 7.28. The smallest absolute Gasteiger partial charge is 0.349 e. The number of carbonyl (C=O) groups is 1. The lowest BCUT2D eigenvalue weighted by atomic mass is 10.2. The van der Waals surface area contributed by atoms with E-state index in [-0.39, 0.29) is 5.56 Å². The van der Waals surface area contributed by atoms with Gasteiger partial charge in [0.15, 0.2) is 10.9 Å². The van der Waals surface area contributed by atoms with E-state index in [0.717, 1.165) is 46.9 Å². The van der Waals surface area contributed by atoms with Crippen molar-refractivity contribution < 1.29 is 13.9 Å². The highest BCUT2D eigenvalue weighted by molar-refractivity contribution is 7.22. The second-order valence-electron chi connectivity index (χ2n) is 7.99. The van der Waals surface area contributed by atoms with E-state index in [2.05, 4.69) is 15.1 Å². The van der Waals surface area contributed by atoms with Gasteiger partial charge in [-0.3, -0.25) is 9.69 Å². The molecule has 3 heterocycles. The van der Waals surface area contributed by atoms with E-state index in [9.17, 15) is 9.59 Å². The number of rotatable bonds is 6. The Kier molecular flexibility index (Phi) is 6.40. The molecular weight excluding hydrogens is 476 g/mol. The molecule has 0 radical (unpaired) electrons. The summed E-state index contributed by atoms with van der Waals surface area (Å²) in [5.74, 6) is 0.191. The van der Waals surface area contributed by atoms with Gasteiger partial charge in [-0.15, -0.1) is 0 Å². The summed E-state index contributed by atoms with van der Waals surface area (Å²) in [6, 6.07) is 12.5. The van der Waals surface area contributed by atoms with Gasteiger partial charge in [0.1, 0.15) is 16.7 Å². The summed E-state index contributed by atoms with van der Waals surface area (Å²) in [5, 5.41) is 5.07. The number of benzene rings is 2. The van der Waals surface area contributed by atoms with Crippen LogP contribution in [-0.2, 0) is 0 Å². The number of nitrogens with one attached hydrogen (secondary N) is 1. The SMILES string of the molecule is COc1c(Cl)ccc2sc(N3CCN(CCNC(=O)c4cc5ccccc5oc4=O)CC3)nc12. The van der Waals surface area contributed by atoms with Crippen molar-refractivity contribution in [2.45, 2.75) is 0 Å². The van der Waals surface area contributed by atoms with Gasteiger partial charge in [0.25, 0.3) is 5.91 Å². The van der Waals surface area contributed by atoms with Crippen LogP contribution in [0.5, 0.6) is 5.75 Å². The number of hydrogen-bond donors (Lipinski definition) is 1. The highest BCUT2D eigenvalue weighted by Gasteiger charge is 2.22. The molecule has 0 atom stereocenters. The Morgan fingerprint density at radius 3 is 2.79 bits per heavy atom. The van der Waals surface area contributed by atoms with Gasteiger partial charge >= 0.3 is 5.63 Å². The fraction of sp³-hybridized carbons (Fsp3) is 0.292. The average molecular weight is 499 g/mol. The number of halogens is 1. The zero-order chi connectivity index (χ0) is 23.7. The van der Waals surface area contributed by atoms with Crippen molar-refractivity contribution in [3.05, 3.63) is 63.5 Å². The number of hydrogen-bond acceptors (Lipinski definition) is 8. The van der Waals surface area contributed by atoms with Crippen molar-refractivity contribution in [1.82, 2.24) is 15.2 Å². The number of methoxy groups -OCH3 is 1. The predicted molar refractivity (Wildman–Crippen MR) is 135 cm³/mol. The molecule has 8 nitrogen and oxygen atoms in total. The lowest BCUT2D eigenvalue weighted by Crippen LogP contribution is -2.48. The first-order chi connectivity index (χ1) is 16.5. The molecule has 1 amide bonds. The van der Waals surface area contributed by atoms with E-state index in [1.54, 1.807) is 36.6 Å². The number of thiazole rings is 1. The number of carbonyl (C=O) groups excluding carboxylic acids is 1. The molecule has 176 valence electrons. The molecule has 0 saturated carbocycles. The first-order valence-corrected chi connectivity index (χ1v) is 12.1. The summed E-state index contributed by atoms with van der Waals surface area (Å²) in [6.45, 7) is 4.50. The molecule has 4 aromatic rings. The zero-order valence-electron chi connectivity index (χ0n) is 18.5. The fourth-order valence-electron chi connectivity index (χ4n) is 4.07. The van der Waals surface area contributed by atoms with Crippen LogP contribution in [0, 0.1) is 0 Å². The van der Waals surface area contributed by atoms with E-state index in [1.807, 2.05) is 24.3 Å². The van der Waals surface area contributed by atoms with Crippen LogP contribution in [0.3, 0.4) is 0 Å². The largest absolute Gasteiger partial charge is 0.493 e. The van der Waals surface area contributed by atoms with Crippen LogP contribution in [-0.4, -0.2) is 62.2 Å². The van der Waals surface area contributed by atoms with Gasteiger partial charge in [-0.1, -0.05) is 41.1 Å². The van der Waals surface area contributed by atoms with Crippen LogP contribution in [0.2, 0.25) is 5.02 Å². The molecule has 0 bridgehead atoms. The van der Waals surface area contributed by atoms with E-state index in [1.165, 1.54) is 0 Å². The molecule has 5 rings (SSSR count). The molecule has 1 N–H and O–H groups in total. The van der Waals surface area contributed by atoms with Gasteiger partial charge in [0.2, 0.25) is 0 Å². The third kappa shape index (κ3) is 4.46. The Morgan fingerprint density at radius 1 is 1.21 bits per heavy atom. The van der Waals surface area contributed by atoms with Crippen LogP contribution in [0.25, 0.3) is 21.2 Å². The predicted octanol–water partition coefficient (Wildman–Crippen LogP) is 3.62. The maximum Gasteiger partial charge on any atom is 0.349 e. The van der Waals surface area contributed by atoms with Crippen LogP contribution >= 0.6 is 22.9 Å².